The lowest BCUT2D eigenvalue weighted by molar-refractivity contribution is -0.117. The van der Waals surface area contributed by atoms with Crippen molar-refractivity contribution in [3.8, 4) is 0 Å². The van der Waals surface area contributed by atoms with E-state index in [0.29, 0.717) is 6.42 Å². The Morgan fingerprint density at radius 3 is 1.91 bits per heavy atom. The van der Waals surface area contributed by atoms with Crippen LogP contribution in [0.2, 0.25) is 0 Å². The Bertz CT molecular complexity index is 109. The summed E-state index contributed by atoms with van der Waals surface area (Å²) in [4.78, 5) is 12.0. The first-order valence-electron chi connectivity index (χ1n) is 4.13. The summed E-state index contributed by atoms with van der Waals surface area (Å²) in [5, 5.41) is 0. The van der Waals surface area contributed by atoms with E-state index in [1.165, 1.54) is 25.9 Å². The molecule has 0 radical (unpaired) electrons. The van der Waals surface area contributed by atoms with Crippen LogP contribution in [-0.2, 0) is 4.79 Å². The lowest BCUT2D eigenvalue weighted by Crippen LogP contribution is -2.10. The summed E-state index contributed by atoms with van der Waals surface area (Å²) in [5.74, 6) is -0.245. The Morgan fingerprint density at radius 2 is 1.82 bits per heavy atom. The maximum absolute atomic E-state index is 9.59. The third kappa shape index (κ3) is 7.33. The molecule has 2 N–H and O–H groups in total. The standard InChI is InChI=1S/C5H11N.C3H7NO/c1-6-4-2-3-5-6;1-2-3(4)5/h2-5H2,1H3;2H2,1H3,(H2,4,5). The van der Waals surface area contributed by atoms with E-state index in [4.69, 9.17) is 0 Å². The van der Waals surface area contributed by atoms with Gasteiger partial charge in [-0.3, -0.25) is 4.79 Å². The highest BCUT2D eigenvalue weighted by Crippen LogP contribution is 2.01. The Balaban J connectivity index is 0.000000187. The first-order valence-corrected chi connectivity index (χ1v) is 4.13. The van der Waals surface area contributed by atoms with E-state index < -0.39 is 0 Å². The molecule has 1 amide bonds. The van der Waals surface area contributed by atoms with Crippen LogP contribution >= 0.6 is 0 Å². The highest BCUT2D eigenvalue weighted by atomic mass is 16.1. The van der Waals surface area contributed by atoms with E-state index in [9.17, 15) is 4.79 Å². The molecule has 0 aliphatic carbocycles. The summed E-state index contributed by atoms with van der Waals surface area (Å²) >= 11 is 0. The van der Waals surface area contributed by atoms with Crippen molar-refractivity contribution in [2.75, 3.05) is 20.1 Å². The lowest BCUT2D eigenvalue weighted by Gasteiger charge is -2.01. The van der Waals surface area contributed by atoms with Gasteiger partial charge in [-0.05, 0) is 33.0 Å². The smallest absolute Gasteiger partial charge is 0.217 e. The molecule has 1 fully saturated rings. The average molecular weight is 158 g/mol. The molecule has 0 atom stereocenters. The average Bonchev–Trinajstić information content (AvgIpc) is 2.41. The minimum absolute atomic E-state index is 0.245. The van der Waals surface area contributed by atoms with Crippen molar-refractivity contribution in [3.05, 3.63) is 0 Å². The molecule has 0 aromatic heterocycles. The van der Waals surface area contributed by atoms with Crippen molar-refractivity contribution in [2.45, 2.75) is 26.2 Å². The van der Waals surface area contributed by atoms with Gasteiger partial charge in [-0.1, -0.05) is 6.92 Å². The maximum atomic E-state index is 9.59. The van der Waals surface area contributed by atoms with E-state index in [1.54, 1.807) is 6.92 Å². The normalized spacial score (nSPS) is 17.3. The summed E-state index contributed by atoms with van der Waals surface area (Å²) in [6.07, 6.45) is 3.27. The highest BCUT2D eigenvalue weighted by Gasteiger charge is 2.03. The zero-order chi connectivity index (χ0) is 8.69. The highest BCUT2D eigenvalue weighted by molar-refractivity contribution is 5.73. The van der Waals surface area contributed by atoms with E-state index in [0.717, 1.165) is 0 Å². The van der Waals surface area contributed by atoms with E-state index in [1.807, 2.05) is 0 Å². The second kappa shape index (κ2) is 6.16. The molecular weight excluding hydrogens is 140 g/mol. The van der Waals surface area contributed by atoms with Gasteiger partial charge in [-0.2, -0.15) is 0 Å². The van der Waals surface area contributed by atoms with Crippen molar-refractivity contribution in [1.82, 2.24) is 4.90 Å². The fraction of sp³-hybridized carbons (Fsp3) is 0.875. The summed E-state index contributed by atoms with van der Waals surface area (Å²) in [6, 6.07) is 0. The molecule has 3 heteroatoms. The Morgan fingerprint density at radius 1 is 1.45 bits per heavy atom. The van der Waals surface area contributed by atoms with Gasteiger partial charge >= 0.3 is 0 Å². The summed E-state index contributed by atoms with van der Waals surface area (Å²) in [6.45, 7) is 4.36. The first kappa shape index (κ1) is 10.4. The van der Waals surface area contributed by atoms with Gasteiger partial charge < -0.3 is 10.6 Å². The number of primary amides is 1. The molecule has 0 aromatic rings. The zero-order valence-corrected chi connectivity index (χ0v) is 7.47. The molecule has 1 saturated heterocycles. The molecule has 0 aromatic carbocycles. The summed E-state index contributed by atoms with van der Waals surface area (Å²) in [7, 11) is 2.17. The molecule has 1 rings (SSSR count). The number of nitrogens with two attached hydrogens (primary N) is 1. The van der Waals surface area contributed by atoms with E-state index in [-0.39, 0.29) is 5.91 Å². The lowest BCUT2D eigenvalue weighted by atomic mass is 10.4. The quantitative estimate of drug-likeness (QED) is 0.607. The Labute approximate surface area is 68.6 Å². The fourth-order valence-corrected chi connectivity index (χ4v) is 0.875. The first-order chi connectivity index (χ1) is 5.16. The van der Waals surface area contributed by atoms with Crippen LogP contribution in [0.5, 0.6) is 0 Å². The van der Waals surface area contributed by atoms with Gasteiger partial charge in [0.2, 0.25) is 5.91 Å². The third-order valence-corrected chi connectivity index (χ3v) is 1.68. The molecule has 1 aliphatic rings. The van der Waals surface area contributed by atoms with Gasteiger partial charge in [0.1, 0.15) is 0 Å². The zero-order valence-electron chi connectivity index (χ0n) is 7.47. The molecule has 0 unspecified atom stereocenters. The van der Waals surface area contributed by atoms with Gasteiger partial charge in [0.15, 0.2) is 0 Å². The Kier molecular flexibility index (Phi) is 5.84. The SMILES string of the molecule is CCC(N)=O.CN1CCCC1. The number of hydrogen-bond acceptors (Lipinski definition) is 2. The van der Waals surface area contributed by atoms with Crippen LogP contribution in [0.15, 0.2) is 0 Å². The monoisotopic (exact) mass is 158 g/mol. The van der Waals surface area contributed by atoms with Crippen LogP contribution in [0, 0.1) is 0 Å². The number of carbonyl (C=O) groups excluding carboxylic acids is 1. The van der Waals surface area contributed by atoms with Crippen LogP contribution < -0.4 is 5.73 Å². The molecule has 1 heterocycles. The summed E-state index contributed by atoms with van der Waals surface area (Å²) < 4.78 is 0. The van der Waals surface area contributed by atoms with Gasteiger partial charge in [0, 0.05) is 6.42 Å². The number of rotatable bonds is 1. The van der Waals surface area contributed by atoms with Crippen LogP contribution in [0.4, 0.5) is 0 Å². The third-order valence-electron chi connectivity index (χ3n) is 1.68. The molecular formula is C8H18N2O. The van der Waals surface area contributed by atoms with Crippen molar-refractivity contribution in [2.24, 2.45) is 5.73 Å². The van der Waals surface area contributed by atoms with Crippen molar-refractivity contribution >= 4 is 5.91 Å². The van der Waals surface area contributed by atoms with Crippen molar-refractivity contribution in [3.63, 3.8) is 0 Å². The molecule has 3 nitrogen and oxygen atoms in total. The molecule has 11 heavy (non-hydrogen) atoms. The maximum Gasteiger partial charge on any atom is 0.217 e. The number of likely N-dealkylation sites (tertiary alicyclic amines) is 1. The minimum Gasteiger partial charge on any atom is -0.370 e. The van der Waals surface area contributed by atoms with E-state index >= 15 is 0 Å². The fourth-order valence-electron chi connectivity index (χ4n) is 0.875. The predicted molar refractivity (Wildman–Crippen MR) is 46.2 cm³/mol. The minimum atomic E-state index is -0.245. The topological polar surface area (TPSA) is 46.3 Å². The van der Waals surface area contributed by atoms with Crippen LogP contribution in [-0.4, -0.2) is 30.9 Å². The van der Waals surface area contributed by atoms with Gasteiger partial charge in [0.25, 0.3) is 0 Å². The van der Waals surface area contributed by atoms with Crippen molar-refractivity contribution < 1.29 is 4.79 Å². The summed E-state index contributed by atoms with van der Waals surface area (Å²) in [5.41, 5.74) is 4.65. The molecule has 66 valence electrons. The Hall–Kier alpha value is -0.570. The number of hydrogen-bond donors (Lipinski definition) is 1. The van der Waals surface area contributed by atoms with Gasteiger partial charge in [0.05, 0.1) is 0 Å². The van der Waals surface area contributed by atoms with Gasteiger partial charge in [-0.15, -0.1) is 0 Å². The van der Waals surface area contributed by atoms with Crippen molar-refractivity contribution in [1.29, 1.82) is 0 Å². The molecule has 0 spiro atoms. The molecule has 0 bridgehead atoms. The number of carbonyl (C=O) groups is 1. The molecule has 0 saturated carbocycles. The number of amides is 1. The van der Waals surface area contributed by atoms with Crippen LogP contribution in [0.1, 0.15) is 26.2 Å². The largest absolute Gasteiger partial charge is 0.370 e. The number of nitrogens with zero attached hydrogens (tertiary/aromatic N) is 1. The molecule has 1 aliphatic heterocycles. The second-order valence-corrected chi connectivity index (χ2v) is 2.83. The van der Waals surface area contributed by atoms with Crippen LogP contribution in [0.25, 0.3) is 0 Å². The second-order valence-electron chi connectivity index (χ2n) is 2.83. The van der Waals surface area contributed by atoms with Crippen LogP contribution in [0.3, 0.4) is 0 Å². The predicted octanol–water partition coefficient (Wildman–Crippen LogP) is 0.594. The van der Waals surface area contributed by atoms with E-state index in [2.05, 4.69) is 17.7 Å². The van der Waals surface area contributed by atoms with Gasteiger partial charge in [-0.25, -0.2) is 0 Å².